The van der Waals surface area contributed by atoms with E-state index < -0.39 is 5.72 Å². The highest BCUT2D eigenvalue weighted by molar-refractivity contribution is 5.89. The second-order valence-electron chi connectivity index (χ2n) is 7.53. The van der Waals surface area contributed by atoms with Gasteiger partial charge in [-0.2, -0.15) is 0 Å². The van der Waals surface area contributed by atoms with E-state index in [1.807, 2.05) is 18.3 Å². The van der Waals surface area contributed by atoms with Crippen LogP contribution in [0.25, 0.3) is 0 Å². The summed E-state index contributed by atoms with van der Waals surface area (Å²) in [4.78, 5) is 7.15. The lowest BCUT2D eigenvalue weighted by Crippen LogP contribution is -2.62. The van der Waals surface area contributed by atoms with Crippen LogP contribution in [0.3, 0.4) is 0 Å². The number of rotatable bonds is 4. The van der Waals surface area contributed by atoms with Crippen molar-refractivity contribution in [2.24, 2.45) is 4.99 Å². The Morgan fingerprint density at radius 3 is 2.59 bits per heavy atom. The van der Waals surface area contributed by atoms with E-state index in [0.29, 0.717) is 22.9 Å². The average molecular weight is 366 g/mol. The summed E-state index contributed by atoms with van der Waals surface area (Å²) in [5.41, 5.74) is 2.19. The molecule has 27 heavy (non-hydrogen) atoms. The van der Waals surface area contributed by atoms with Crippen LogP contribution in [0.4, 0.5) is 11.4 Å². The molecule has 1 spiro atoms. The zero-order chi connectivity index (χ0) is 19.2. The summed E-state index contributed by atoms with van der Waals surface area (Å²) in [6, 6.07) is 12.2. The lowest BCUT2D eigenvalue weighted by molar-refractivity contribution is 0.0770. The van der Waals surface area contributed by atoms with E-state index in [2.05, 4.69) is 49.9 Å². The molecule has 0 bridgehead atoms. The predicted octanol–water partition coefficient (Wildman–Crippen LogP) is 4.70. The first kappa shape index (κ1) is 17.7. The Kier molecular flexibility index (Phi) is 4.06. The first-order valence-corrected chi connectivity index (χ1v) is 9.36. The molecule has 2 aliphatic rings. The summed E-state index contributed by atoms with van der Waals surface area (Å²) in [7, 11) is 3.27. The molecule has 2 aliphatic heterocycles. The zero-order valence-corrected chi connectivity index (χ0v) is 16.6. The average Bonchev–Trinajstić information content (AvgIpc) is 2.86. The van der Waals surface area contributed by atoms with E-state index in [0.717, 1.165) is 13.0 Å². The van der Waals surface area contributed by atoms with Crippen LogP contribution in [0.15, 0.2) is 41.4 Å². The summed E-state index contributed by atoms with van der Waals surface area (Å²) >= 11 is 0. The van der Waals surface area contributed by atoms with Gasteiger partial charge in [-0.3, -0.25) is 0 Å². The largest absolute Gasteiger partial charge is 0.496 e. The van der Waals surface area contributed by atoms with Crippen molar-refractivity contribution in [1.29, 1.82) is 0 Å². The Morgan fingerprint density at radius 2 is 1.89 bits per heavy atom. The molecule has 4 rings (SSSR count). The number of ether oxygens (including phenoxy) is 3. The molecule has 1 atom stereocenters. The molecule has 5 heteroatoms. The summed E-state index contributed by atoms with van der Waals surface area (Å²) in [5, 5.41) is 0. The number of para-hydroxylation sites is 1. The Labute approximate surface area is 160 Å². The van der Waals surface area contributed by atoms with Gasteiger partial charge < -0.3 is 19.1 Å². The van der Waals surface area contributed by atoms with Crippen LogP contribution in [0.2, 0.25) is 0 Å². The third-order valence-electron chi connectivity index (χ3n) is 5.72. The van der Waals surface area contributed by atoms with Gasteiger partial charge in [0, 0.05) is 24.4 Å². The quantitative estimate of drug-likeness (QED) is 0.786. The van der Waals surface area contributed by atoms with Gasteiger partial charge in [0.15, 0.2) is 11.5 Å². The van der Waals surface area contributed by atoms with Gasteiger partial charge in [0.05, 0.1) is 25.8 Å². The molecule has 0 saturated heterocycles. The Bertz CT molecular complexity index is 906. The number of hydrogen-bond acceptors (Lipinski definition) is 5. The summed E-state index contributed by atoms with van der Waals surface area (Å²) in [6.45, 7) is 7.50. The first-order chi connectivity index (χ1) is 13.0. The number of nitrogens with zero attached hydrogens (tertiary/aromatic N) is 2. The molecule has 1 unspecified atom stereocenters. The van der Waals surface area contributed by atoms with E-state index in [-0.39, 0.29) is 5.41 Å². The maximum atomic E-state index is 6.74. The first-order valence-electron chi connectivity index (χ1n) is 9.36. The second kappa shape index (κ2) is 6.19. The van der Waals surface area contributed by atoms with E-state index >= 15 is 0 Å². The minimum atomic E-state index is -0.697. The molecule has 0 N–H and O–H groups in total. The molecule has 5 nitrogen and oxygen atoms in total. The van der Waals surface area contributed by atoms with Gasteiger partial charge in [-0.05, 0) is 31.9 Å². The van der Waals surface area contributed by atoms with Crippen LogP contribution >= 0.6 is 0 Å². The molecular formula is C22H26N2O3. The van der Waals surface area contributed by atoms with Gasteiger partial charge in [-0.1, -0.05) is 25.1 Å². The molecule has 0 fully saturated rings. The van der Waals surface area contributed by atoms with E-state index in [1.165, 1.54) is 11.3 Å². The smallest absolute Gasteiger partial charge is 0.228 e. The van der Waals surface area contributed by atoms with Crippen LogP contribution in [-0.4, -0.2) is 32.7 Å². The van der Waals surface area contributed by atoms with Crippen LogP contribution in [0, 0.1) is 0 Å². The number of methoxy groups -OCH3 is 2. The molecule has 0 radical (unpaired) electrons. The van der Waals surface area contributed by atoms with Crippen molar-refractivity contribution in [3.8, 4) is 17.2 Å². The lowest BCUT2D eigenvalue weighted by atomic mass is 9.77. The number of hydrogen-bond donors (Lipinski definition) is 0. The predicted molar refractivity (Wildman–Crippen MR) is 108 cm³/mol. The lowest BCUT2D eigenvalue weighted by Gasteiger charge is -2.46. The topological polar surface area (TPSA) is 43.3 Å². The van der Waals surface area contributed by atoms with Gasteiger partial charge >= 0.3 is 0 Å². The standard InChI is InChI=1S/C22H26N2O3/c1-6-11-24-17-10-8-7-9-16(17)21(2,3)22(24)14-23-20-18(26-5)12-15(25-4)13-19(20)27-22/h7-10,12-14H,6,11H2,1-5H3. The molecule has 0 saturated carbocycles. The van der Waals surface area contributed by atoms with Crippen molar-refractivity contribution in [3.63, 3.8) is 0 Å². The van der Waals surface area contributed by atoms with Crippen LogP contribution in [0.1, 0.15) is 32.8 Å². The van der Waals surface area contributed by atoms with Crippen molar-refractivity contribution in [1.82, 2.24) is 0 Å². The van der Waals surface area contributed by atoms with E-state index in [9.17, 15) is 0 Å². The van der Waals surface area contributed by atoms with Crippen molar-refractivity contribution in [2.75, 3.05) is 25.7 Å². The SMILES string of the molecule is CCCN1c2ccccc2C(C)(C)C12C=Nc1c(OC)cc(OC)cc1O2. The molecule has 0 aromatic heterocycles. The second-order valence-corrected chi connectivity index (χ2v) is 7.53. The summed E-state index contributed by atoms with van der Waals surface area (Å²) in [5.74, 6) is 2.01. The zero-order valence-electron chi connectivity index (χ0n) is 16.6. The van der Waals surface area contributed by atoms with Gasteiger partial charge in [-0.25, -0.2) is 4.99 Å². The highest BCUT2D eigenvalue weighted by Gasteiger charge is 2.59. The van der Waals surface area contributed by atoms with E-state index in [1.54, 1.807) is 14.2 Å². The Morgan fingerprint density at radius 1 is 1.11 bits per heavy atom. The van der Waals surface area contributed by atoms with Crippen LogP contribution in [-0.2, 0) is 5.41 Å². The highest BCUT2D eigenvalue weighted by Crippen LogP contribution is 2.55. The van der Waals surface area contributed by atoms with Gasteiger partial charge in [0.2, 0.25) is 5.72 Å². The summed E-state index contributed by atoms with van der Waals surface area (Å²) in [6.07, 6.45) is 2.96. The fraction of sp³-hybridized carbons (Fsp3) is 0.409. The molecular weight excluding hydrogens is 340 g/mol. The molecule has 2 aromatic rings. The van der Waals surface area contributed by atoms with Crippen molar-refractivity contribution < 1.29 is 14.2 Å². The molecule has 142 valence electrons. The van der Waals surface area contributed by atoms with Crippen molar-refractivity contribution in [2.45, 2.75) is 38.3 Å². The third-order valence-corrected chi connectivity index (χ3v) is 5.72. The number of fused-ring (bicyclic) bond motifs is 2. The van der Waals surface area contributed by atoms with Gasteiger partial charge in [0.25, 0.3) is 0 Å². The minimum absolute atomic E-state index is 0.281. The number of anilines is 1. The maximum absolute atomic E-state index is 6.74. The molecule has 2 aromatic carbocycles. The van der Waals surface area contributed by atoms with Gasteiger partial charge in [0.1, 0.15) is 11.4 Å². The Hall–Kier alpha value is -2.69. The fourth-order valence-electron chi connectivity index (χ4n) is 4.25. The van der Waals surface area contributed by atoms with Crippen LogP contribution < -0.4 is 19.1 Å². The minimum Gasteiger partial charge on any atom is -0.496 e. The third kappa shape index (κ3) is 2.34. The molecule has 0 aliphatic carbocycles. The normalized spacial score (nSPS) is 21.6. The summed E-state index contributed by atoms with van der Waals surface area (Å²) < 4.78 is 17.7. The number of benzene rings is 2. The maximum Gasteiger partial charge on any atom is 0.228 e. The molecule has 0 amide bonds. The fourth-order valence-corrected chi connectivity index (χ4v) is 4.25. The molecule has 2 heterocycles. The van der Waals surface area contributed by atoms with E-state index in [4.69, 9.17) is 19.2 Å². The van der Waals surface area contributed by atoms with Crippen molar-refractivity contribution >= 4 is 17.6 Å². The van der Waals surface area contributed by atoms with Crippen molar-refractivity contribution in [3.05, 3.63) is 42.0 Å². The van der Waals surface area contributed by atoms with Gasteiger partial charge in [-0.15, -0.1) is 0 Å². The number of aliphatic imine (C=N–C) groups is 1. The Balaban J connectivity index is 1.90. The monoisotopic (exact) mass is 366 g/mol. The van der Waals surface area contributed by atoms with Crippen LogP contribution in [0.5, 0.6) is 17.2 Å². The highest BCUT2D eigenvalue weighted by atomic mass is 16.5.